The van der Waals surface area contributed by atoms with Crippen LogP contribution in [0.15, 0.2) is 23.1 Å². The zero-order chi connectivity index (χ0) is 17.7. The van der Waals surface area contributed by atoms with Crippen molar-refractivity contribution in [1.82, 2.24) is 4.31 Å². The van der Waals surface area contributed by atoms with Crippen molar-refractivity contribution in [3.63, 3.8) is 0 Å². The molecule has 0 aliphatic carbocycles. The van der Waals surface area contributed by atoms with Crippen LogP contribution in [0.5, 0.6) is 0 Å². The van der Waals surface area contributed by atoms with E-state index < -0.39 is 32.1 Å². The number of carbonyl (C=O) groups is 2. The summed E-state index contributed by atoms with van der Waals surface area (Å²) in [5.74, 6) is -1.65. The Hall–Kier alpha value is -1.35. The number of fused-ring (bicyclic) bond motifs is 1. The number of halogens is 2. The van der Waals surface area contributed by atoms with Gasteiger partial charge in [-0.25, -0.2) is 8.42 Å². The van der Waals surface area contributed by atoms with Crippen molar-refractivity contribution in [2.45, 2.75) is 22.1 Å². The third-order valence-corrected chi connectivity index (χ3v) is 6.90. The van der Waals surface area contributed by atoms with Gasteiger partial charge in [0, 0.05) is 24.3 Å². The second-order valence-corrected chi connectivity index (χ2v) is 9.11. The van der Waals surface area contributed by atoms with Gasteiger partial charge in [-0.1, -0.05) is 23.2 Å². The highest BCUT2D eigenvalue weighted by molar-refractivity contribution is 7.89. The summed E-state index contributed by atoms with van der Waals surface area (Å²) in [6.07, 6.45) is 1.11. The zero-order valence-electron chi connectivity index (χ0n) is 12.5. The van der Waals surface area contributed by atoms with Gasteiger partial charge < -0.3 is 11.1 Å². The number of rotatable bonds is 3. The van der Waals surface area contributed by atoms with Crippen molar-refractivity contribution in [3.05, 3.63) is 23.8 Å². The second kappa shape index (κ2) is 5.87. The van der Waals surface area contributed by atoms with Crippen molar-refractivity contribution < 1.29 is 18.0 Å². The van der Waals surface area contributed by atoms with E-state index in [1.54, 1.807) is 0 Å². The fourth-order valence-corrected chi connectivity index (χ4v) is 4.88. The molecule has 0 saturated carbocycles. The lowest BCUT2D eigenvalue weighted by Gasteiger charge is -2.30. The van der Waals surface area contributed by atoms with Crippen molar-refractivity contribution in [3.8, 4) is 0 Å². The van der Waals surface area contributed by atoms with Crippen LogP contribution in [0.3, 0.4) is 0 Å². The number of alkyl halides is 2. The molecule has 1 atom stereocenters. The third-order valence-electron chi connectivity index (χ3n) is 4.29. The number of hydrogen-bond donors (Lipinski definition) is 2. The molecule has 2 amide bonds. The Bertz CT molecular complexity index is 825. The molecule has 2 aliphatic heterocycles. The summed E-state index contributed by atoms with van der Waals surface area (Å²) in [7, 11) is -3.85. The van der Waals surface area contributed by atoms with Gasteiger partial charge in [0.15, 0.2) is 0 Å². The van der Waals surface area contributed by atoms with Crippen LogP contribution in [0.2, 0.25) is 0 Å². The van der Waals surface area contributed by atoms with Gasteiger partial charge in [-0.2, -0.15) is 4.31 Å². The third kappa shape index (κ3) is 2.77. The predicted molar refractivity (Wildman–Crippen MR) is 89.1 cm³/mol. The molecule has 1 aromatic rings. The molecule has 1 saturated heterocycles. The van der Waals surface area contributed by atoms with E-state index in [2.05, 4.69) is 5.32 Å². The number of amides is 2. The van der Waals surface area contributed by atoms with Gasteiger partial charge in [0.2, 0.25) is 20.3 Å². The number of nitrogens with zero attached hydrogens (tertiary/aromatic N) is 1. The predicted octanol–water partition coefficient (Wildman–Crippen LogP) is 1.16. The lowest BCUT2D eigenvalue weighted by atomic mass is 9.99. The summed E-state index contributed by atoms with van der Waals surface area (Å²) in [6.45, 7) is 0.339. The quantitative estimate of drug-likeness (QED) is 0.752. The standard InChI is InChI=1S/C14H15Cl2N3O4S/c15-14(16)10-6-9(3-4-11(10)18-13(14)21)24(22,23)19-5-1-2-8(7-19)12(17)20/h3-4,6,8H,1-2,5,7H2,(H2,17,20)(H,18,21). The number of nitrogens with one attached hydrogen (secondary N) is 1. The van der Waals surface area contributed by atoms with Crippen LogP contribution in [0.1, 0.15) is 18.4 Å². The first-order valence-electron chi connectivity index (χ1n) is 7.27. The maximum atomic E-state index is 12.8. The van der Waals surface area contributed by atoms with Crippen LogP contribution in [-0.4, -0.2) is 37.6 Å². The summed E-state index contributed by atoms with van der Waals surface area (Å²) in [5, 5.41) is 2.50. The highest BCUT2D eigenvalue weighted by atomic mass is 35.5. The number of carbonyl (C=O) groups excluding carboxylic acids is 2. The van der Waals surface area contributed by atoms with Crippen LogP contribution in [0, 0.1) is 5.92 Å². The van der Waals surface area contributed by atoms with Gasteiger partial charge in [0.05, 0.1) is 10.8 Å². The molecule has 0 radical (unpaired) electrons. The van der Waals surface area contributed by atoms with Gasteiger partial charge in [-0.15, -0.1) is 0 Å². The molecule has 0 bridgehead atoms. The molecule has 0 aromatic heterocycles. The lowest BCUT2D eigenvalue weighted by Crippen LogP contribution is -2.44. The van der Waals surface area contributed by atoms with Crippen molar-refractivity contribution in [2.24, 2.45) is 11.7 Å². The highest BCUT2D eigenvalue weighted by Crippen LogP contribution is 2.45. The van der Waals surface area contributed by atoms with E-state index >= 15 is 0 Å². The average Bonchev–Trinajstić information content (AvgIpc) is 2.77. The van der Waals surface area contributed by atoms with Gasteiger partial charge in [-0.3, -0.25) is 9.59 Å². The summed E-state index contributed by atoms with van der Waals surface area (Å²) < 4.78 is 25.0. The van der Waals surface area contributed by atoms with E-state index in [1.807, 2.05) is 0 Å². The Kier molecular flexibility index (Phi) is 4.28. The highest BCUT2D eigenvalue weighted by Gasteiger charge is 2.44. The number of anilines is 1. The number of sulfonamides is 1. The number of primary amides is 1. The Labute approximate surface area is 149 Å². The molecule has 2 aliphatic rings. The number of piperidine rings is 1. The molecule has 0 spiro atoms. The molecule has 1 unspecified atom stereocenters. The van der Waals surface area contributed by atoms with Crippen LogP contribution in [0.25, 0.3) is 0 Å². The molecular weight excluding hydrogens is 377 g/mol. The Morgan fingerprint density at radius 2 is 2.08 bits per heavy atom. The van der Waals surface area contributed by atoms with Crippen molar-refractivity contribution in [1.29, 1.82) is 0 Å². The van der Waals surface area contributed by atoms with Gasteiger partial charge in [-0.05, 0) is 31.0 Å². The van der Waals surface area contributed by atoms with E-state index in [4.69, 9.17) is 28.9 Å². The Morgan fingerprint density at radius 1 is 1.38 bits per heavy atom. The minimum Gasteiger partial charge on any atom is -0.369 e. The fraction of sp³-hybridized carbons (Fsp3) is 0.429. The normalized spacial score (nSPS) is 23.6. The summed E-state index contributed by atoms with van der Waals surface area (Å²) >= 11 is 12.0. The zero-order valence-corrected chi connectivity index (χ0v) is 14.8. The van der Waals surface area contributed by atoms with E-state index in [9.17, 15) is 18.0 Å². The van der Waals surface area contributed by atoms with Gasteiger partial charge in [0.1, 0.15) is 0 Å². The molecule has 24 heavy (non-hydrogen) atoms. The van der Waals surface area contributed by atoms with Crippen LogP contribution in [-0.2, 0) is 23.9 Å². The summed E-state index contributed by atoms with van der Waals surface area (Å²) in [6, 6.07) is 4.11. The maximum absolute atomic E-state index is 12.8. The first-order chi connectivity index (χ1) is 11.1. The van der Waals surface area contributed by atoms with E-state index in [0.717, 1.165) is 0 Å². The second-order valence-electron chi connectivity index (χ2n) is 5.84. The number of nitrogens with two attached hydrogens (primary N) is 1. The average molecular weight is 392 g/mol. The SMILES string of the molecule is NC(=O)C1CCCN(S(=O)(=O)c2ccc3c(c2)C(Cl)(Cl)C(=O)N3)C1. The fourth-order valence-electron chi connectivity index (χ4n) is 2.92. The largest absolute Gasteiger partial charge is 0.369 e. The number of benzene rings is 1. The molecule has 3 N–H and O–H groups in total. The molecule has 130 valence electrons. The van der Waals surface area contributed by atoms with E-state index in [-0.39, 0.29) is 17.0 Å². The summed E-state index contributed by atoms with van der Waals surface area (Å²) in [5.41, 5.74) is 5.86. The van der Waals surface area contributed by atoms with Crippen molar-refractivity contribution in [2.75, 3.05) is 18.4 Å². The molecule has 1 aromatic carbocycles. The molecule has 1 fully saturated rings. The Balaban J connectivity index is 1.96. The monoisotopic (exact) mass is 391 g/mol. The lowest BCUT2D eigenvalue weighted by molar-refractivity contribution is -0.122. The van der Waals surface area contributed by atoms with E-state index in [1.165, 1.54) is 22.5 Å². The first-order valence-corrected chi connectivity index (χ1v) is 9.47. The summed E-state index contributed by atoms with van der Waals surface area (Å²) in [4.78, 5) is 23.1. The number of hydrogen-bond acceptors (Lipinski definition) is 4. The van der Waals surface area contributed by atoms with Crippen LogP contribution < -0.4 is 11.1 Å². The first kappa shape index (κ1) is 17.5. The van der Waals surface area contributed by atoms with Crippen LogP contribution in [0.4, 0.5) is 5.69 Å². The van der Waals surface area contributed by atoms with Gasteiger partial charge >= 0.3 is 0 Å². The molecule has 10 heteroatoms. The minimum absolute atomic E-state index is 0.0338. The minimum atomic E-state index is -3.85. The molecule has 2 heterocycles. The van der Waals surface area contributed by atoms with Crippen molar-refractivity contribution >= 4 is 50.7 Å². The molecule has 7 nitrogen and oxygen atoms in total. The smallest absolute Gasteiger partial charge is 0.265 e. The Morgan fingerprint density at radius 3 is 2.75 bits per heavy atom. The van der Waals surface area contributed by atoms with Crippen LogP contribution >= 0.6 is 23.2 Å². The molecular formula is C14H15Cl2N3O4S. The van der Waals surface area contributed by atoms with Gasteiger partial charge in [0.25, 0.3) is 5.91 Å². The molecule has 3 rings (SSSR count). The van der Waals surface area contributed by atoms with E-state index in [0.29, 0.717) is 25.1 Å². The topological polar surface area (TPSA) is 110 Å². The maximum Gasteiger partial charge on any atom is 0.265 e.